The molecule has 1 aliphatic heterocycles. The Morgan fingerprint density at radius 2 is 0.904 bits per heavy atom. The van der Waals surface area contributed by atoms with Crippen molar-refractivity contribution in [2.45, 2.75) is 0 Å². The Hall–Kier alpha value is -7.04. The number of nitrogens with zero attached hydrogens (tertiary/aromatic N) is 3. The summed E-state index contributed by atoms with van der Waals surface area (Å²) in [7, 11) is 0. The van der Waals surface area contributed by atoms with E-state index in [0.717, 1.165) is 56.4 Å². The van der Waals surface area contributed by atoms with Gasteiger partial charge in [0.25, 0.3) is 0 Å². The zero-order valence-corrected chi connectivity index (χ0v) is 28.2. The Labute approximate surface area is 301 Å². The second kappa shape index (κ2) is 11.2. The van der Waals surface area contributed by atoms with Crippen LogP contribution in [0.1, 0.15) is 0 Å². The minimum atomic E-state index is 1.12. The predicted molar refractivity (Wildman–Crippen MR) is 219 cm³/mol. The Morgan fingerprint density at radius 3 is 1.63 bits per heavy atom. The van der Waals surface area contributed by atoms with Crippen LogP contribution in [0.4, 0.5) is 34.1 Å². The van der Waals surface area contributed by atoms with Crippen molar-refractivity contribution in [3.63, 3.8) is 0 Å². The number of fused-ring (bicyclic) bond motifs is 10. The maximum Gasteiger partial charge on any atom is 0.0804 e. The fourth-order valence-electron chi connectivity index (χ4n) is 8.42. The van der Waals surface area contributed by atoms with Crippen molar-refractivity contribution in [1.82, 2.24) is 9.55 Å². The highest BCUT2D eigenvalue weighted by Crippen LogP contribution is 2.60. The first-order chi connectivity index (χ1) is 25.8. The van der Waals surface area contributed by atoms with Gasteiger partial charge in [0.05, 0.1) is 33.8 Å². The van der Waals surface area contributed by atoms with Crippen LogP contribution >= 0.6 is 0 Å². The Balaban J connectivity index is 1.28. The van der Waals surface area contributed by atoms with Crippen molar-refractivity contribution in [3.8, 4) is 16.8 Å². The molecule has 0 fully saturated rings. The maximum absolute atomic E-state index is 3.72. The Bertz CT molecular complexity index is 2960. The minimum Gasteiger partial charge on any atom is -0.354 e. The SMILES string of the molecule is c1ccc(-c2cccc(-n3c4ccccc4c4c5c(ccc43)N(c3ccccc3)c3c(ccc4[nH]c6ccccc6c34)N5c3ccccc3)c2)cc1. The Morgan fingerprint density at radius 1 is 0.346 bits per heavy atom. The molecule has 0 spiro atoms. The lowest BCUT2D eigenvalue weighted by molar-refractivity contribution is 1.17. The number of rotatable bonds is 4. The summed E-state index contributed by atoms with van der Waals surface area (Å²) < 4.78 is 2.44. The van der Waals surface area contributed by atoms with Gasteiger partial charge in [-0.15, -0.1) is 0 Å². The smallest absolute Gasteiger partial charge is 0.0804 e. The lowest BCUT2D eigenvalue weighted by Crippen LogP contribution is -2.24. The van der Waals surface area contributed by atoms with Crippen molar-refractivity contribution in [1.29, 1.82) is 0 Å². The van der Waals surface area contributed by atoms with E-state index in [2.05, 4.69) is 207 Å². The molecule has 1 N–H and O–H groups in total. The molecule has 2 aromatic heterocycles. The summed E-state index contributed by atoms with van der Waals surface area (Å²) in [6.07, 6.45) is 0. The van der Waals surface area contributed by atoms with Gasteiger partial charge in [0, 0.05) is 49.6 Å². The summed E-state index contributed by atoms with van der Waals surface area (Å²) in [5, 5.41) is 4.85. The van der Waals surface area contributed by atoms with E-state index in [0.29, 0.717) is 0 Å². The van der Waals surface area contributed by atoms with Crippen molar-refractivity contribution in [2.75, 3.05) is 9.80 Å². The summed E-state index contributed by atoms with van der Waals surface area (Å²) in [6, 6.07) is 67.9. The zero-order chi connectivity index (χ0) is 34.2. The molecule has 11 rings (SSSR count). The largest absolute Gasteiger partial charge is 0.354 e. The highest BCUT2D eigenvalue weighted by molar-refractivity contribution is 6.26. The van der Waals surface area contributed by atoms with Crippen LogP contribution in [0.3, 0.4) is 0 Å². The average Bonchev–Trinajstić information content (AvgIpc) is 3.77. The molecule has 0 unspecified atom stereocenters. The number of benzene rings is 8. The van der Waals surface area contributed by atoms with Gasteiger partial charge >= 0.3 is 0 Å². The average molecular weight is 665 g/mol. The fraction of sp³-hybridized carbons (Fsp3) is 0. The van der Waals surface area contributed by atoms with Gasteiger partial charge in [-0.25, -0.2) is 0 Å². The van der Waals surface area contributed by atoms with E-state index in [1.54, 1.807) is 0 Å². The first-order valence-corrected chi connectivity index (χ1v) is 17.8. The van der Waals surface area contributed by atoms with Crippen molar-refractivity contribution < 1.29 is 0 Å². The number of hydrogen-bond acceptors (Lipinski definition) is 2. The van der Waals surface area contributed by atoms with Gasteiger partial charge in [0.15, 0.2) is 0 Å². The van der Waals surface area contributed by atoms with E-state index in [1.165, 1.54) is 38.2 Å². The van der Waals surface area contributed by atoms with E-state index in [9.17, 15) is 0 Å². The minimum absolute atomic E-state index is 1.12. The molecule has 4 nitrogen and oxygen atoms in total. The number of aromatic amines is 1. The summed E-state index contributed by atoms with van der Waals surface area (Å²) in [6.45, 7) is 0. The van der Waals surface area contributed by atoms with Crippen molar-refractivity contribution >= 4 is 77.7 Å². The highest BCUT2D eigenvalue weighted by atomic mass is 15.3. The second-order valence-corrected chi connectivity index (χ2v) is 13.5. The molecule has 244 valence electrons. The second-order valence-electron chi connectivity index (χ2n) is 13.5. The van der Waals surface area contributed by atoms with Crippen LogP contribution in [0.5, 0.6) is 0 Å². The molecule has 0 radical (unpaired) electrons. The first-order valence-electron chi connectivity index (χ1n) is 17.8. The van der Waals surface area contributed by atoms with Gasteiger partial charge in [-0.3, -0.25) is 0 Å². The molecular weight excluding hydrogens is 633 g/mol. The van der Waals surface area contributed by atoms with Crippen molar-refractivity contribution in [3.05, 3.63) is 188 Å². The molecule has 3 heterocycles. The molecule has 0 aliphatic carbocycles. The van der Waals surface area contributed by atoms with E-state index < -0.39 is 0 Å². The van der Waals surface area contributed by atoms with Gasteiger partial charge < -0.3 is 19.4 Å². The lowest BCUT2D eigenvalue weighted by Gasteiger charge is -2.41. The van der Waals surface area contributed by atoms with Gasteiger partial charge in [-0.05, 0) is 83.9 Å². The van der Waals surface area contributed by atoms with E-state index in [-0.39, 0.29) is 0 Å². The molecule has 4 heteroatoms. The maximum atomic E-state index is 3.72. The van der Waals surface area contributed by atoms with Crippen LogP contribution in [0, 0.1) is 0 Å². The van der Waals surface area contributed by atoms with Crippen LogP contribution in [0.25, 0.3) is 60.4 Å². The van der Waals surface area contributed by atoms with Gasteiger partial charge in [-0.2, -0.15) is 0 Å². The van der Waals surface area contributed by atoms with Crippen LogP contribution in [0.15, 0.2) is 188 Å². The van der Waals surface area contributed by atoms with Crippen molar-refractivity contribution in [2.24, 2.45) is 0 Å². The summed E-state index contributed by atoms with van der Waals surface area (Å²) in [5.74, 6) is 0. The molecule has 0 bridgehead atoms. The predicted octanol–water partition coefficient (Wildman–Crippen LogP) is 13.3. The third kappa shape index (κ3) is 4.15. The molecule has 10 aromatic rings. The van der Waals surface area contributed by atoms with E-state index in [4.69, 9.17) is 0 Å². The van der Waals surface area contributed by atoms with E-state index >= 15 is 0 Å². The number of H-pyrrole nitrogens is 1. The lowest BCUT2D eigenvalue weighted by atomic mass is 9.98. The highest BCUT2D eigenvalue weighted by Gasteiger charge is 2.35. The summed E-state index contributed by atoms with van der Waals surface area (Å²) in [4.78, 5) is 8.69. The number of nitrogens with one attached hydrogen (secondary N) is 1. The van der Waals surface area contributed by atoms with Gasteiger partial charge in [0.2, 0.25) is 0 Å². The van der Waals surface area contributed by atoms with E-state index in [1.807, 2.05) is 0 Å². The molecule has 0 saturated carbocycles. The quantitative estimate of drug-likeness (QED) is 0.203. The molecule has 52 heavy (non-hydrogen) atoms. The normalized spacial score (nSPS) is 12.5. The van der Waals surface area contributed by atoms with Gasteiger partial charge in [-0.1, -0.05) is 115 Å². The third-order valence-corrected chi connectivity index (χ3v) is 10.6. The summed E-state index contributed by atoms with van der Waals surface area (Å²) in [5.41, 5.74) is 15.0. The monoisotopic (exact) mass is 664 g/mol. The van der Waals surface area contributed by atoms with Crippen LogP contribution < -0.4 is 9.80 Å². The Kier molecular flexibility index (Phi) is 6.22. The third-order valence-electron chi connectivity index (χ3n) is 10.6. The fourth-order valence-corrected chi connectivity index (χ4v) is 8.42. The molecule has 8 aromatic carbocycles. The molecule has 0 amide bonds. The molecule has 0 atom stereocenters. The van der Waals surface area contributed by atoms with Crippen LogP contribution in [-0.4, -0.2) is 9.55 Å². The topological polar surface area (TPSA) is 27.2 Å². The molecular formula is C48H32N4. The first kappa shape index (κ1) is 28.8. The summed E-state index contributed by atoms with van der Waals surface area (Å²) >= 11 is 0. The van der Waals surface area contributed by atoms with Crippen LogP contribution in [0.2, 0.25) is 0 Å². The number of aromatic nitrogens is 2. The number of hydrogen-bond donors (Lipinski definition) is 1. The number of anilines is 6. The zero-order valence-electron chi connectivity index (χ0n) is 28.2. The molecule has 0 saturated heterocycles. The standard InChI is InChI=1S/C48H32N4/c1-4-15-32(16-5-1)33-17-14-22-36(31-33)50-41-26-13-11-24-38(41)46-42(50)29-30-44-48(46)52(35-20-8-3-9-21-35)43-28-27-40-45(37-23-10-12-25-39(37)49-40)47(43)51(44)34-18-6-2-7-19-34/h1-31,49H. The number of para-hydroxylation sites is 4. The molecule has 1 aliphatic rings. The van der Waals surface area contributed by atoms with Crippen LogP contribution in [-0.2, 0) is 0 Å². The van der Waals surface area contributed by atoms with Gasteiger partial charge in [0.1, 0.15) is 0 Å².